The molecule has 1 amide bonds. The van der Waals surface area contributed by atoms with Gasteiger partial charge in [-0.1, -0.05) is 6.92 Å². The lowest BCUT2D eigenvalue weighted by Crippen LogP contribution is -2.47. The van der Waals surface area contributed by atoms with Crippen LogP contribution < -0.4 is 5.32 Å². The van der Waals surface area contributed by atoms with Gasteiger partial charge in [-0.3, -0.25) is 9.69 Å². The maximum absolute atomic E-state index is 12.4. The molecule has 1 fully saturated rings. The summed E-state index contributed by atoms with van der Waals surface area (Å²) in [7, 11) is 0. The van der Waals surface area contributed by atoms with Crippen LogP contribution in [0.3, 0.4) is 0 Å². The number of rotatable bonds is 8. The fourth-order valence-electron chi connectivity index (χ4n) is 3.01. The van der Waals surface area contributed by atoms with Gasteiger partial charge in [0.2, 0.25) is 5.91 Å². The summed E-state index contributed by atoms with van der Waals surface area (Å²) < 4.78 is 12.7. The number of carbonyl (C=O) groups excluding carboxylic acids is 1. The Balaban J connectivity index is 1.50. The van der Waals surface area contributed by atoms with Crippen LogP contribution in [0.1, 0.15) is 31.2 Å². The predicted octanol–water partition coefficient (Wildman–Crippen LogP) is 1.19. The molecule has 3 rings (SSSR count). The van der Waals surface area contributed by atoms with Crippen molar-refractivity contribution >= 4 is 5.91 Å². The number of amides is 1. The minimum atomic E-state index is -0.00116. The van der Waals surface area contributed by atoms with Crippen molar-refractivity contribution in [3.05, 3.63) is 36.3 Å². The normalized spacial score (nSPS) is 18.4. The zero-order valence-electron chi connectivity index (χ0n) is 14.6. The summed E-state index contributed by atoms with van der Waals surface area (Å²) in [5.74, 6) is 0.782. The number of nitrogens with one attached hydrogen (secondary N) is 1. The molecule has 2 aromatic rings. The quantitative estimate of drug-likeness (QED) is 0.772. The monoisotopic (exact) mass is 347 g/mol. The first-order chi connectivity index (χ1) is 12.3. The second-order valence-corrected chi connectivity index (χ2v) is 6.25. The number of hydrogen-bond acceptors (Lipinski definition) is 6. The minimum Gasteiger partial charge on any atom is -0.472 e. The van der Waals surface area contributed by atoms with Gasteiger partial charge < -0.3 is 19.0 Å². The van der Waals surface area contributed by atoms with Crippen molar-refractivity contribution in [2.24, 2.45) is 0 Å². The Labute approximate surface area is 147 Å². The second-order valence-electron chi connectivity index (χ2n) is 6.25. The Morgan fingerprint density at radius 2 is 2.40 bits per heavy atom. The van der Waals surface area contributed by atoms with Gasteiger partial charge in [-0.2, -0.15) is 0 Å². The van der Waals surface area contributed by atoms with Crippen molar-refractivity contribution in [2.45, 2.75) is 45.4 Å². The molecule has 1 aliphatic rings. The molecule has 2 aromatic heterocycles. The first-order valence-electron chi connectivity index (χ1n) is 8.72. The van der Waals surface area contributed by atoms with Gasteiger partial charge in [0.15, 0.2) is 5.82 Å². The molecule has 0 spiro atoms. The minimum absolute atomic E-state index is 0.00116. The Hall–Kier alpha value is -2.19. The van der Waals surface area contributed by atoms with Crippen LogP contribution >= 0.6 is 0 Å². The number of carbonyl (C=O) groups is 1. The number of aryl methyl sites for hydroxylation is 1. The summed E-state index contributed by atoms with van der Waals surface area (Å²) in [6, 6.07) is 2.02. The van der Waals surface area contributed by atoms with Crippen LogP contribution in [0.25, 0.3) is 0 Å². The summed E-state index contributed by atoms with van der Waals surface area (Å²) >= 11 is 0. The molecule has 1 aliphatic heterocycles. The predicted molar refractivity (Wildman–Crippen MR) is 90.5 cm³/mol. The van der Waals surface area contributed by atoms with Crippen molar-refractivity contribution in [1.82, 2.24) is 25.0 Å². The van der Waals surface area contributed by atoms with E-state index in [-0.39, 0.29) is 11.9 Å². The molecule has 0 unspecified atom stereocenters. The van der Waals surface area contributed by atoms with E-state index in [0.717, 1.165) is 37.4 Å². The molecule has 3 heterocycles. The molecule has 1 N–H and O–H groups in total. The molecule has 8 nitrogen and oxygen atoms in total. The summed E-state index contributed by atoms with van der Waals surface area (Å²) in [6.07, 6.45) is 6.52. The highest BCUT2D eigenvalue weighted by atomic mass is 16.5. The third kappa shape index (κ3) is 4.90. The van der Waals surface area contributed by atoms with E-state index in [4.69, 9.17) is 9.15 Å². The van der Waals surface area contributed by atoms with E-state index in [2.05, 4.69) is 27.3 Å². The summed E-state index contributed by atoms with van der Waals surface area (Å²) in [6.45, 7) is 6.19. The van der Waals surface area contributed by atoms with E-state index in [1.807, 2.05) is 10.6 Å². The molecule has 25 heavy (non-hydrogen) atoms. The summed E-state index contributed by atoms with van der Waals surface area (Å²) in [4.78, 5) is 14.6. The highest BCUT2D eigenvalue weighted by Gasteiger charge is 2.25. The van der Waals surface area contributed by atoms with Crippen LogP contribution in [-0.4, -0.2) is 51.4 Å². The van der Waals surface area contributed by atoms with Crippen LogP contribution in [-0.2, 0) is 29.2 Å². The number of nitrogens with zero attached hydrogens (tertiary/aromatic N) is 4. The maximum Gasteiger partial charge on any atom is 0.222 e. The van der Waals surface area contributed by atoms with E-state index in [9.17, 15) is 4.79 Å². The molecular weight excluding hydrogens is 322 g/mol. The fraction of sp³-hybridized carbons (Fsp3) is 0.588. The van der Waals surface area contributed by atoms with Crippen molar-refractivity contribution in [2.75, 3.05) is 19.8 Å². The molecule has 1 saturated heterocycles. The van der Waals surface area contributed by atoms with E-state index in [1.165, 1.54) is 0 Å². The molecule has 1 atom stereocenters. The van der Waals surface area contributed by atoms with E-state index in [1.54, 1.807) is 18.9 Å². The number of furan rings is 1. The number of morpholine rings is 1. The van der Waals surface area contributed by atoms with Crippen LogP contribution in [0.5, 0.6) is 0 Å². The van der Waals surface area contributed by atoms with Gasteiger partial charge in [-0.25, -0.2) is 0 Å². The molecule has 0 radical (unpaired) electrons. The van der Waals surface area contributed by atoms with Crippen LogP contribution in [0.2, 0.25) is 0 Å². The lowest BCUT2D eigenvalue weighted by Gasteiger charge is -2.34. The first-order valence-corrected chi connectivity index (χ1v) is 8.72. The highest BCUT2D eigenvalue weighted by Crippen LogP contribution is 2.15. The largest absolute Gasteiger partial charge is 0.472 e. The van der Waals surface area contributed by atoms with Crippen LogP contribution in [0.4, 0.5) is 0 Å². The number of ether oxygens (including phenoxy) is 1. The van der Waals surface area contributed by atoms with Gasteiger partial charge in [0.1, 0.15) is 6.33 Å². The average Bonchev–Trinajstić information content (AvgIpc) is 3.27. The maximum atomic E-state index is 12.4. The van der Waals surface area contributed by atoms with Crippen molar-refractivity contribution < 1.29 is 13.9 Å². The summed E-state index contributed by atoms with van der Waals surface area (Å²) in [5, 5.41) is 10.9. The third-order valence-electron chi connectivity index (χ3n) is 4.34. The van der Waals surface area contributed by atoms with Gasteiger partial charge in [-0.05, 0) is 12.5 Å². The van der Waals surface area contributed by atoms with Gasteiger partial charge in [-0.15, -0.1) is 10.2 Å². The Morgan fingerprint density at radius 1 is 1.48 bits per heavy atom. The third-order valence-corrected chi connectivity index (χ3v) is 4.34. The molecular formula is C17H25N5O3. The lowest BCUT2D eigenvalue weighted by molar-refractivity contribution is -0.124. The molecule has 136 valence electrons. The van der Waals surface area contributed by atoms with Gasteiger partial charge >= 0.3 is 0 Å². The zero-order chi connectivity index (χ0) is 17.5. The Morgan fingerprint density at radius 3 is 3.20 bits per heavy atom. The fourth-order valence-corrected chi connectivity index (χ4v) is 3.01. The van der Waals surface area contributed by atoms with Gasteiger partial charge in [0, 0.05) is 37.7 Å². The van der Waals surface area contributed by atoms with E-state index >= 15 is 0 Å². The van der Waals surface area contributed by atoms with Gasteiger partial charge in [0.25, 0.3) is 0 Å². The van der Waals surface area contributed by atoms with Crippen molar-refractivity contribution in [1.29, 1.82) is 0 Å². The molecule has 0 aliphatic carbocycles. The standard InChI is InChI=1S/C17H25N5O3/c1-2-4-22-13-19-20-16(22)9-18-17(23)8-15-12-25-7-5-21(15)10-14-3-6-24-11-14/h3,6,11,13,15H,2,4-5,7-10,12H2,1H3,(H,18,23)/t15-/m0/s1. The lowest BCUT2D eigenvalue weighted by atomic mass is 10.1. The van der Waals surface area contributed by atoms with E-state index in [0.29, 0.717) is 26.2 Å². The average molecular weight is 347 g/mol. The number of hydrogen-bond donors (Lipinski definition) is 1. The molecule has 0 bridgehead atoms. The summed E-state index contributed by atoms with van der Waals surface area (Å²) in [5.41, 5.74) is 1.11. The molecule has 0 saturated carbocycles. The van der Waals surface area contributed by atoms with Gasteiger partial charge in [0.05, 0.1) is 32.3 Å². The Kier molecular flexibility index (Phi) is 6.19. The van der Waals surface area contributed by atoms with E-state index < -0.39 is 0 Å². The second kappa shape index (κ2) is 8.77. The number of aromatic nitrogens is 3. The topological polar surface area (TPSA) is 85.4 Å². The van der Waals surface area contributed by atoms with Crippen LogP contribution in [0, 0.1) is 0 Å². The molecule has 0 aromatic carbocycles. The van der Waals surface area contributed by atoms with Crippen molar-refractivity contribution in [3.8, 4) is 0 Å². The zero-order valence-corrected chi connectivity index (χ0v) is 14.6. The van der Waals surface area contributed by atoms with Crippen molar-refractivity contribution in [3.63, 3.8) is 0 Å². The highest BCUT2D eigenvalue weighted by molar-refractivity contribution is 5.76. The van der Waals surface area contributed by atoms with Crippen LogP contribution in [0.15, 0.2) is 29.3 Å². The SMILES string of the molecule is CCCn1cnnc1CNC(=O)C[C@H]1COCCN1Cc1ccoc1. The first kappa shape index (κ1) is 17.6. The smallest absolute Gasteiger partial charge is 0.222 e. The molecule has 8 heteroatoms. The Bertz CT molecular complexity index is 655.